The van der Waals surface area contributed by atoms with Crippen LogP contribution in [0.3, 0.4) is 0 Å². The summed E-state index contributed by atoms with van der Waals surface area (Å²) >= 11 is 0. The number of benzene rings is 1. The highest BCUT2D eigenvalue weighted by atomic mass is 32.2. The van der Waals surface area contributed by atoms with Gasteiger partial charge in [-0.1, -0.05) is 19.9 Å². The molecule has 0 aliphatic rings. The molecule has 0 aliphatic carbocycles. The van der Waals surface area contributed by atoms with Crippen molar-refractivity contribution in [2.75, 3.05) is 5.75 Å². The van der Waals surface area contributed by atoms with E-state index in [1.165, 1.54) is 12.1 Å². The Balaban J connectivity index is 2.77. The molecule has 0 fully saturated rings. The second-order valence-corrected chi connectivity index (χ2v) is 4.86. The van der Waals surface area contributed by atoms with E-state index in [1.54, 1.807) is 12.1 Å². The average Bonchev–Trinajstić information content (AvgIpc) is 2.03. The van der Waals surface area contributed by atoms with Crippen LogP contribution in [0, 0.1) is 11.7 Å². The van der Waals surface area contributed by atoms with Gasteiger partial charge in [0.1, 0.15) is 5.82 Å². The molecule has 72 valence electrons. The van der Waals surface area contributed by atoms with E-state index in [9.17, 15) is 8.60 Å². The molecule has 0 heterocycles. The van der Waals surface area contributed by atoms with Crippen molar-refractivity contribution in [2.45, 2.75) is 18.7 Å². The van der Waals surface area contributed by atoms with Crippen molar-refractivity contribution in [3.63, 3.8) is 0 Å². The Kier molecular flexibility index (Phi) is 3.60. The predicted molar refractivity (Wildman–Crippen MR) is 52.5 cm³/mol. The molecule has 0 bridgehead atoms. The third-order valence-corrected chi connectivity index (χ3v) is 3.29. The van der Waals surface area contributed by atoms with Gasteiger partial charge in [-0.3, -0.25) is 4.21 Å². The molecule has 1 atom stereocenters. The third kappa shape index (κ3) is 3.27. The van der Waals surface area contributed by atoms with Crippen molar-refractivity contribution >= 4 is 10.8 Å². The van der Waals surface area contributed by atoms with E-state index in [1.807, 2.05) is 13.8 Å². The van der Waals surface area contributed by atoms with Crippen LogP contribution in [0.25, 0.3) is 0 Å². The molecule has 1 aromatic rings. The smallest absolute Gasteiger partial charge is 0.124 e. The molecule has 1 nitrogen and oxygen atoms in total. The van der Waals surface area contributed by atoms with E-state index in [2.05, 4.69) is 0 Å². The molecule has 13 heavy (non-hydrogen) atoms. The first-order valence-corrected chi connectivity index (χ1v) is 5.55. The lowest BCUT2D eigenvalue weighted by Crippen LogP contribution is -2.04. The number of rotatable bonds is 3. The van der Waals surface area contributed by atoms with Crippen LogP contribution in [0.5, 0.6) is 0 Å². The number of hydrogen-bond donors (Lipinski definition) is 0. The Hall–Kier alpha value is -0.700. The summed E-state index contributed by atoms with van der Waals surface area (Å²) in [5, 5.41) is 0. The molecule has 0 saturated carbocycles. The summed E-state index contributed by atoms with van der Waals surface area (Å²) in [6.07, 6.45) is 0. The maximum atomic E-state index is 12.7. The van der Waals surface area contributed by atoms with E-state index < -0.39 is 10.8 Å². The van der Waals surface area contributed by atoms with Gasteiger partial charge in [0, 0.05) is 10.6 Å². The maximum absolute atomic E-state index is 12.7. The topological polar surface area (TPSA) is 17.1 Å². The summed E-state index contributed by atoms with van der Waals surface area (Å²) in [5.41, 5.74) is 0. The molecule has 0 spiro atoms. The Labute approximate surface area is 80.4 Å². The van der Waals surface area contributed by atoms with E-state index >= 15 is 0 Å². The van der Waals surface area contributed by atoms with Crippen LogP contribution in [0.1, 0.15) is 13.8 Å². The second kappa shape index (κ2) is 4.51. The lowest BCUT2D eigenvalue weighted by molar-refractivity contribution is 0.621. The molecule has 0 N–H and O–H groups in total. The van der Waals surface area contributed by atoms with Crippen LogP contribution >= 0.6 is 0 Å². The van der Waals surface area contributed by atoms with Gasteiger partial charge in [-0.25, -0.2) is 4.39 Å². The van der Waals surface area contributed by atoms with Crippen LogP contribution in [-0.4, -0.2) is 9.96 Å². The normalized spacial score (nSPS) is 13.2. The van der Waals surface area contributed by atoms with Crippen molar-refractivity contribution < 1.29 is 8.60 Å². The van der Waals surface area contributed by atoms with Gasteiger partial charge in [0.25, 0.3) is 0 Å². The van der Waals surface area contributed by atoms with Gasteiger partial charge in [0.2, 0.25) is 0 Å². The summed E-state index contributed by atoms with van der Waals surface area (Å²) in [5.74, 6) is 0.627. The van der Waals surface area contributed by atoms with Gasteiger partial charge in [-0.2, -0.15) is 0 Å². The van der Waals surface area contributed by atoms with Crippen LogP contribution in [0.2, 0.25) is 0 Å². The Morgan fingerprint density at radius 1 is 1.46 bits per heavy atom. The van der Waals surface area contributed by atoms with Crippen molar-refractivity contribution in [3.05, 3.63) is 30.1 Å². The fraction of sp³-hybridized carbons (Fsp3) is 0.400. The fourth-order valence-corrected chi connectivity index (χ4v) is 2.28. The number of halogens is 1. The zero-order chi connectivity index (χ0) is 9.84. The van der Waals surface area contributed by atoms with E-state index in [-0.39, 0.29) is 5.82 Å². The summed E-state index contributed by atoms with van der Waals surface area (Å²) in [6, 6.07) is 5.97. The molecular formula is C10H13FOS. The van der Waals surface area contributed by atoms with Crippen LogP contribution < -0.4 is 0 Å². The monoisotopic (exact) mass is 200 g/mol. The summed E-state index contributed by atoms with van der Waals surface area (Å²) < 4.78 is 24.3. The quantitative estimate of drug-likeness (QED) is 0.733. The summed E-state index contributed by atoms with van der Waals surface area (Å²) in [7, 11) is -1.06. The van der Waals surface area contributed by atoms with Gasteiger partial charge in [0.15, 0.2) is 0 Å². The lowest BCUT2D eigenvalue weighted by atomic mass is 10.3. The average molecular weight is 200 g/mol. The molecule has 1 rings (SSSR count). The highest BCUT2D eigenvalue weighted by molar-refractivity contribution is 7.85. The standard InChI is InChI=1S/C10H13FOS/c1-8(2)7-13(12)10-5-3-4-9(11)6-10/h3-6,8H,7H2,1-2H3. The third-order valence-electron chi connectivity index (χ3n) is 1.54. The molecule has 0 aliphatic heterocycles. The van der Waals surface area contributed by atoms with Crippen LogP contribution in [0.4, 0.5) is 4.39 Å². The van der Waals surface area contributed by atoms with E-state index in [0.717, 1.165) is 0 Å². The zero-order valence-electron chi connectivity index (χ0n) is 7.79. The molecular weight excluding hydrogens is 187 g/mol. The largest absolute Gasteiger partial charge is 0.254 e. The Morgan fingerprint density at radius 3 is 2.69 bits per heavy atom. The van der Waals surface area contributed by atoms with Gasteiger partial charge >= 0.3 is 0 Å². The van der Waals surface area contributed by atoms with Crippen molar-refractivity contribution in [2.24, 2.45) is 5.92 Å². The minimum Gasteiger partial charge on any atom is -0.254 e. The maximum Gasteiger partial charge on any atom is 0.124 e. The summed E-state index contributed by atoms with van der Waals surface area (Å²) in [4.78, 5) is 0.578. The Bertz CT molecular complexity index is 310. The highest BCUT2D eigenvalue weighted by Gasteiger charge is 2.06. The SMILES string of the molecule is CC(C)CS(=O)c1cccc(F)c1. The molecule has 1 unspecified atom stereocenters. The zero-order valence-corrected chi connectivity index (χ0v) is 8.60. The highest BCUT2D eigenvalue weighted by Crippen LogP contribution is 2.11. The van der Waals surface area contributed by atoms with Gasteiger partial charge in [-0.15, -0.1) is 0 Å². The molecule has 1 aromatic carbocycles. The van der Waals surface area contributed by atoms with E-state index in [0.29, 0.717) is 16.6 Å². The number of hydrogen-bond acceptors (Lipinski definition) is 1. The Morgan fingerprint density at radius 2 is 2.15 bits per heavy atom. The molecule has 0 radical (unpaired) electrons. The molecule has 0 saturated heterocycles. The first-order valence-electron chi connectivity index (χ1n) is 4.23. The van der Waals surface area contributed by atoms with Crippen LogP contribution in [0.15, 0.2) is 29.2 Å². The van der Waals surface area contributed by atoms with E-state index in [4.69, 9.17) is 0 Å². The minimum atomic E-state index is -1.06. The fourth-order valence-electron chi connectivity index (χ4n) is 1.01. The van der Waals surface area contributed by atoms with Crippen LogP contribution in [-0.2, 0) is 10.8 Å². The van der Waals surface area contributed by atoms with Gasteiger partial charge in [-0.05, 0) is 24.1 Å². The van der Waals surface area contributed by atoms with Gasteiger partial charge in [0.05, 0.1) is 10.8 Å². The first-order chi connectivity index (χ1) is 6.09. The molecule has 0 amide bonds. The molecule has 0 aromatic heterocycles. The van der Waals surface area contributed by atoms with Gasteiger partial charge < -0.3 is 0 Å². The molecule has 3 heteroatoms. The first kappa shape index (κ1) is 10.4. The van der Waals surface area contributed by atoms with Crippen molar-refractivity contribution in [1.82, 2.24) is 0 Å². The van der Waals surface area contributed by atoms with Crippen molar-refractivity contribution in [3.8, 4) is 0 Å². The van der Waals surface area contributed by atoms with Crippen molar-refractivity contribution in [1.29, 1.82) is 0 Å². The minimum absolute atomic E-state index is 0.324. The second-order valence-electron chi connectivity index (χ2n) is 3.36. The summed E-state index contributed by atoms with van der Waals surface area (Å²) in [6.45, 7) is 3.99. The predicted octanol–water partition coefficient (Wildman–Crippen LogP) is 2.59. The lowest BCUT2D eigenvalue weighted by Gasteiger charge is -2.04.